The molecule has 4 rings (SSSR count). The minimum atomic E-state index is -0.768. The predicted molar refractivity (Wildman–Crippen MR) is 147 cm³/mol. The van der Waals surface area contributed by atoms with Gasteiger partial charge in [0, 0.05) is 33.7 Å². The van der Waals surface area contributed by atoms with Crippen LogP contribution in [0.25, 0.3) is 10.9 Å². The molecule has 0 spiro atoms. The maximum atomic E-state index is 15.3. The molecule has 2 amide bonds. The van der Waals surface area contributed by atoms with E-state index in [1.54, 1.807) is 45.0 Å². The zero-order valence-electron chi connectivity index (χ0n) is 21.1. The highest BCUT2D eigenvalue weighted by Crippen LogP contribution is 2.35. The molecular weight excluding hydrogens is 546 g/mol. The Hall–Kier alpha value is -4.26. The molecule has 0 bridgehead atoms. The molecule has 0 atom stereocenters. The van der Waals surface area contributed by atoms with E-state index < -0.39 is 23.4 Å². The molecule has 1 aromatic heterocycles. The Balaban J connectivity index is 1.46. The summed E-state index contributed by atoms with van der Waals surface area (Å²) in [4.78, 5) is 27.9. The molecule has 0 radical (unpaired) electrons. The number of amides is 2. The molecule has 8 nitrogen and oxygen atoms in total. The van der Waals surface area contributed by atoms with E-state index in [2.05, 4.69) is 15.6 Å². The van der Waals surface area contributed by atoms with E-state index >= 15 is 4.39 Å². The van der Waals surface area contributed by atoms with Crippen LogP contribution >= 0.6 is 23.2 Å². The predicted octanol–water partition coefficient (Wildman–Crippen LogP) is 7.55. The number of rotatable bonds is 6. The first kappa shape index (κ1) is 27.8. The standard InChI is InChI=1S/C28H23Cl2FN4O4/c1-28(2,3)39-27(37)34-19-5-7-22-17(10-19)11-23(35-22)26(36)33-14-16-4-6-21(30)25(24(16)31)38-20-9-15(13-32)8-18(29)12-20/h4-12,35H,14H2,1-3H3,(H,33,36)(H,34,37). The zero-order valence-corrected chi connectivity index (χ0v) is 22.6. The first-order valence-electron chi connectivity index (χ1n) is 11.7. The van der Waals surface area contributed by atoms with Crippen LogP contribution in [0, 0.1) is 17.1 Å². The Kier molecular flexibility index (Phi) is 8.00. The molecule has 3 N–H and O–H groups in total. The highest BCUT2D eigenvalue weighted by Gasteiger charge is 2.19. The van der Waals surface area contributed by atoms with Gasteiger partial charge in [0.1, 0.15) is 17.0 Å². The van der Waals surface area contributed by atoms with E-state index in [9.17, 15) is 9.59 Å². The summed E-state index contributed by atoms with van der Waals surface area (Å²) in [6.45, 7) is 5.14. The van der Waals surface area contributed by atoms with Gasteiger partial charge in [-0.05, 0) is 69.3 Å². The number of H-pyrrole nitrogens is 1. The molecule has 11 heteroatoms. The number of benzene rings is 3. The number of hydrogen-bond donors (Lipinski definition) is 3. The van der Waals surface area contributed by atoms with Crippen LogP contribution in [0.2, 0.25) is 10.0 Å². The van der Waals surface area contributed by atoms with Crippen molar-refractivity contribution >= 4 is 51.8 Å². The number of nitriles is 1. The molecule has 39 heavy (non-hydrogen) atoms. The van der Waals surface area contributed by atoms with Crippen molar-refractivity contribution in [3.05, 3.63) is 87.3 Å². The van der Waals surface area contributed by atoms with Gasteiger partial charge in [-0.3, -0.25) is 10.1 Å². The van der Waals surface area contributed by atoms with E-state index in [0.29, 0.717) is 16.6 Å². The monoisotopic (exact) mass is 568 g/mol. The van der Waals surface area contributed by atoms with Crippen molar-refractivity contribution < 1.29 is 23.5 Å². The van der Waals surface area contributed by atoms with Crippen LogP contribution in [0.1, 0.15) is 42.4 Å². The Morgan fingerprint density at radius 1 is 1.08 bits per heavy atom. The summed E-state index contributed by atoms with van der Waals surface area (Å²) in [5.41, 5.74) is 1.14. The number of ether oxygens (including phenoxy) is 2. The molecule has 3 aromatic carbocycles. The SMILES string of the molecule is CC(C)(C)OC(=O)Nc1ccc2[nH]c(C(=O)NCc3ccc(Cl)c(Oc4cc(Cl)cc(C#N)c4)c3F)cc2c1. The fraction of sp³-hybridized carbons (Fsp3) is 0.179. The van der Waals surface area contributed by atoms with Gasteiger partial charge in [0.2, 0.25) is 0 Å². The third-order valence-corrected chi connectivity index (χ3v) is 5.82. The van der Waals surface area contributed by atoms with Crippen LogP contribution in [0.5, 0.6) is 11.5 Å². The highest BCUT2D eigenvalue weighted by atomic mass is 35.5. The number of fused-ring (bicyclic) bond motifs is 1. The quantitative estimate of drug-likeness (QED) is 0.222. The fourth-order valence-electron chi connectivity index (χ4n) is 3.63. The summed E-state index contributed by atoms with van der Waals surface area (Å²) in [6.07, 6.45) is -0.593. The number of nitrogens with one attached hydrogen (secondary N) is 3. The molecule has 0 fully saturated rings. The third kappa shape index (κ3) is 6.99. The topological polar surface area (TPSA) is 116 Å². The normalized spacial score (nSPS) is 11.1. The molecule has 0 saturated heterocycles. The average molecular weight is 569 g/mol. The van der Waals surface area contributed by atoms with E-state index in [1.807, 2.05) is 6.07 Å². The van der Waals surface area contributed by atoms with E-state index in [0.717, 1.165) is 0 Å². The van der Waals surface area contributed by atoms with Crippen molar-refractivity contribution in [2.75, 3.05) is 5.32 Å². The lowest BCUT2D eigenvalue weighted by Crippen LogP contribution is -2.27. The van der Waals surface area contributed by atoms with Gasteiger partial charge in [0.25, 0.3) is 5.91 Å². The minimum absolute atomic E-state index is 0.00692. The summed E-state index contributed by atoms with van der Waals surface area (Å²) in [7, 11) is 0. The van der Waals surface area contributed by atoms with E-state index in [-0.39, 0.29) is 44.9 Å². The van der Waals surface area contributed by atoms with Crippen LogP contribution in [0.15, 0.2) is 54.6 Å². The van der Waals surface area contributed by atoms with Crippen LogP contribution in [-0.2, 0) is 11.3 Å². The summed E-state index contributed by atoms with van der Waals surface area (Å²) >= 11 is 12.2. The second-order valence-electron chi connectivity index (χ2n) is 9.53. The van der Waals surface area contributed by atoms with Gasteiger partial charge >= 0.3 is 6.09 Å². The number of anilines is 1. The largest absolute Gasteiger partial charge is 0.453 e. The Bertz CT molecular complexity index is 1620. The number of carbonyl (C=O) groups is 2. The molecule has 0 aliphatic heterocycles. The van der Waals surface area contributed by atoms with Crippen molar-refractivity contribution in [2.45, 2.75) is 32.9 Å². The fourth-order valence-corrected chi connectivity index (χ4v) is 4.04. The highest BCUT2D eigenvalue weighted by molar-refractivity contribution is 6.32. The van der Waals surface area contributed by atoms with Gasteiger partial charge in [-0.2, -0.15) is 5.26 Å². The smallest absolute Gasteiger partial charge is 0.412 e. The van der Waals surface area contributed by atoms with Crippen LogP contribution in [-0.4, -0.2) is 22.6 Å². The molecule has 0 saturated carbocycles. The van der Waals surface area contributed by atoms with Crippen molar-refractivity contribution in [1.82, 2.24) is 10.3 Å². The first-order chi connectivity index (χ1) is 18.4. The molecule has 0 aliphatic rings. The minimum Gasteiger partial charge on any atom is -0.453 e. The van der Waals surface area contributed by atoms with Crippen molar-refractivity contribution in [1.29, 1.82) is 5.26 Å². The van der Waals surface area contributed by atoms with Crippen LogP contribution in [0.4, 0.5) is 14.9 Å². The molecular formula is C28H23Cl2FN4O4. The maximum Gasteiger partial charge on any atom is 0.412 e. The van der Waals surface area contributed by atoms with Gasteiger partial charge in [-0.1, -0.05) is 29.3 Å². The second-order valence-corrected chi connectivity index (χ2v) is 10.4. The number of carbonyl (C=O) groups excluding carboxylic acids is 2. The number of aromatic amines is 1. The summed E-state index contributed by atoms with van der Waals surface area (Å²) in [5.74, 6) is -1.36. The van der Waals surface area contributed by atoms with Gasteiger partial charge in [-0.25, -0.2) is 9.18 Å². The number of halogens is 3. The Morgan fingerprint density at radius 3 is 2.56 bits per heavy atom. The van der Waals surface area contributed by atoms with Crippen molar-refractivity contribution in [3.63, 3.8) is 0 Å². The lowest BCUT2D eigenvalue weighted by molar-refractivity contribution is 0.0635. The van der Waals surface area contributed by atoms with Crippen LogP contribution in [0.3, 0.4) is 0 Å². The van der Waals surface area contributed by atoms with E-state index in [1.165, 1.54) is 30.3 Å². The molecule has 200 valence electrons. The van der Waals surface area contributed by atoms with Crippen molar-refractivity contribution in [3.8, 4) is 17.6 Å². The molecule has 0 aliphatic carbocycles. The molecule has 1 heterocycles. The number of hydrogen-bond acceptors (Lipinski definition) is 5. The number of aromatic nitrogens is 1. The second kappa shape index (κ2) is 11.2. The Labute approximate surface area is 233 Å². The van der Waals surface area contributed by atoms with Crippen molar-refractivity contribution in [2.24, 2.45) is 0 Å². The third-order valence-electron chi connectivity index (χ3n) is 5.30. The van der Waals surface area contributed by atoms with Gasteiger partial charge in [0.15, 0.2) is 11.6 Å². The van der Waals surface area contributed by atoms with Gasteiger partial charge in [0.05, 0.1) is 16.7 Å². The maximum absolute atomic E-state index is 15.3. The first-order valence-corrected chi connectivity index (χ1v) is 12.4. The zero-order chi connectivity index (χ0) is 28.3. The van der Waals surface area contributed by atoms with Crippen LogP contribution < -0.4 is 15.4 Å². The Morgan fingerprint density at radius 2 is 1.85 bits per heavy atom. The lowest BCUT2D eigenvalue weighted by Gasteiger charge is -2.19. The molecule has 0 unspecified atom stereocenters. The number of nitrogens with zero attached hydrogens (tertiary/aromatic N) is 1. The van der Waals surface area contributed by atoms with Gasteiger partial charge < -0.3 is 19.8 Å². The lowest BCUT2D eigenvalue weighted by atomic mass is 10.2. The van der Waals surface area contributed by atoms with Gasteiger partial charge in [-0.15, -0.1) is 0 Å². The molecule has 4 aromatic rings. The summed E-state index contributed by atoms with van der Waals surface area (Å²) < 4.78 is 26.1. The summed E-state index contributed by atoms with van der Waals surface area (Å²) in [5, 5.41) is 15.4. The summed E-state index contributed by atoms with van der Waals surface area (Å²) in [6, 6.07) is 15.8. The average Bonchev–Trinajstić information content (AvgIpc) is 3.28. The van der Waals surface area contributed by atoms with E-state index in [4.69, 9.17) is 37.9 Å².